The van der Waals surface area contributed by atoms with Crippen molar-refractivity contribution in [2.75, 3.05) is 0 Å². The van der Waals surface area contributed by atoms with Crippen LogP contribution < -0.4 is 5.46 Å². The Balaban J connectivity index is 2.14. The predicted octanol–water partition coefficient (Wildman–Crippen LogP) is 5.66. The van der Waals surface area contributed by atoms with E-state index in [1.54, 1.807) is 6.07 Å². The molecule has 5 rings (SSSR count). The molecule has 0 atom stereocenters. The van der Waals surface area contributed by atoms with Crippen molar-refractivity contribution in [2.24, 2.45) is 0 Å². The van der Waals surface area contributed by atoms with Crippen molar-refractivity contribution in [3.05, 3.63) is 60.7 Å². The monoisotopic (exact) mass is 328 g/mol. The second-order valence-corrected chi connectivity index (χ2v) is 6.45. The van der Waals surface area contributed by atoms with Crippen molar-refractivity contribution in [1.29, 1.82) is 0 Å². The molecule has 0 aliphatic rings. The van der Waals surface area contributed by atoms with Crippen molar-refractivity contribution in [2.45, 2.75) is 4.90 Å². The SMILES string of the molecule is [B]c1cc2oc3cc(SF)c4ccccc4c3c2c2ccccc12. The molecular weight excluding hydrogens is 318 g/mol. The molecule has 0 spiro atoms. The molecule has 0 amide bonds. The van der Waals surface area contributed by atoms with Gasteiger partial charge in [-0.2, -0.15) is 3.89 Å². The third-order valence-electron chi connectivity index (χ3n) is 4.56. The van der Waals surface area contributed by atoms with Crippen molar-refractivity contribution in [3.63, 3.8) is 0 Å². The fourth-order valence-corrected chi connectivity index (χ4v) is 3.97. The number of hydrogen-bond donors (Lipinski definition) is 0. The second kappa shape index (κ2) is 5.02. The molecular formula is C20H10BFOS. The zero-order valence-corrected chi connectivity index (χ0v) is 13.4. The van der Waals surface area contributed by atoms with E-state index in [0.717, 1.165) is 37.9 Å². The van der Waals surface area contributed by atoms with Gasteiger partial charge in [0.1, 0.15) is 19.0 Å². The van der Waals surface area contributed by atoms with Gasteiger partial charge in [0, 0.05) is 10.8 Å². The molecule has 1 heterocycles. The Hall–Kier alpha value is -2.46. The van der Waals surface area contributed by atoms with Crippen molar-refractivity contribution < 1.29 is 8.30 Å². The molecule has 112 valence electrons. The standard InChI is InChI=1S/C20H10BFOS/c21-15-9-16-19(13-7-3-1-5-11(13)15)20-14-8-4-2-6-12(14)18(24-22)10-17(20)23-16/h1-10H. The quantitative estimate of drug-likeness (QED) is 0.368. The first-order valence-electron chi connectivity index (χ1n) is 7.61. The van der Waals surface area contributed by atoms with E-state index in [9.17, 15) is 3.89 Å². The van der Waals surface area contributed by atoms with Gasteiger partial charge >= 0.3 is 0 Å². The van der Waals surface area contributed by atoms with Crippen LogP contribution in [0.2, 0.25) is 0 Å². The minimum absolute atomic E-state index is 0.245. The average molecular weight is 328 g/mol. The lowest BCUT2D eigenvalue weighted by atomic mass is 9.88. The summed E-state index contributed by atoms with van der Waals surface area (Å²) in [7, 11) is 6.19. The van der Waals surface area contributed by atoms with E-state index >= 15 is 0 Å². The molecule has 0 saturated carbocycles. The smallest absolute Gasteiger partial charge is 0.137 e. The molecule has 0 saturated heterocycles. The number of furan rings is 1. The lowest BCUT2D eigenvalue weighted by molar-refractivity contribution is 0.668. The van der Waals surface area contributed by atoms with E-state index in [-0.39, 0.29) is 12.1 Å². The van der Waals surface area contributed by atoms with Gasteiger partial charge in [0.2, 0.25) is 0 Å². The first kappa shape index (κ1) is 13.9. The lowest BCUT2D eigenvalue weighted by Gasteiger charge is -2.06. The summed E-state index contributed by atoms with van der Waals surface area (Å²) in [6.07, 6.45) is 0. The number of hydrogen-bond acceptors (Lipinski definition) is 2. The Bertz CT molecular complexity index is 1260. The van der Waals surface area contributed by atoms with E-state index in [1.165, 1.54) is 0 Å². The van der Waals surface area contributed by atoms with Gasteiger partial charge in [0.25, 0.3) is 0 Å². The van der Waals surface area contributed by atoms with Gasteiger partial charge in [-0.1, -0.05) is 54.0 Å². The van der Waals surface area contributed by atoms with Crippen LogP contribution in [0.25, 0.3) is 43.5 Å². The fourth-order valence-electron chi connectivity index (χ4n) is 3.55. The lowest BCUT2D eigenvalue weighted by Crippen LogP contribution is -2.02. The summed E-state index contributed by atoms with van der Waals surface area (Å²) in [6, 6.07) is 19.5. The van der Waals surface area contributed by atoms with Gasteiger partial charge in [0.05, 0.1) is 17.0 Å². The van der Waals surface area contributed by atoms with Crippen LogP contribution in [0.3, 0.4) is 0 Å². The molecule has 4 heteroatoms. The van der Waals surface area contributed by atoms with E-state index in [0.29, 0.717) is 15.9 Å². The van der Waals surface area contributed by atoms with E-state index in [4.69, 9.17) is 12.3 Å². The molecule has 0 fully saturated rings. The van der Waals surface area contributed by atoms with Gasteiger partial charge in [-0.25, -0.2) is 0 Å². The Kier molecular flexibility index (Phi) is 2.91. The maximum Gasteiger partial charge on any atom is 0.137 e. The van der Waals surface area contributed by atoms with Gasteiger partial charge in [0.15, 0.2) is 0 Å². The molecule has 1 aromatic heterocycles. The van der Waals surface area contributed by atoms with E-state index < -0.39 is 0 Å². The molecule has 5 aromatic rings. The van der Waals surface area contributed by atoms with Gasteiger partial charge < -0.3 is 4.42 Å². The summed E-state index contributed by atoms with van der Waals surface area (Å²) < 4.78 is 19.4. The van der Waals surface area contributed by atoms with Crippen LogP contribution in [0.5, 0.6) is 0 Å². The highest BCUT2D eigenvalue weighted by Gasteiger charge is 2.16. The Morgan fingerprint density at radius 3 is 1.96 bits per heavy atom. The first-order valence-corrected chi connectivity index (χ1v) is 8.33. The van der Waals surface area contributed by atoms with Crippen molar-refractivity contribution >= 4 is 68.9 Å². The third-order valence-corrected chi connectivity index (χ3v) is 5.07. The zero-order valence-electron chi connectivity index (χ0n) is 12.5. The molecule has 24 heavy (non-hydrogen) atoms. The number of fused-ring (bicyclic) bond motifs is 7. The molecule has 0 aliphatic carbocycles. The number of rotatable bonds is 1. The summed E-state index contributed by atoms with van der Waals surface area (Å²) in [5, 5.41) is 5.97. The fraction of sp³-hybridized carbons (Fsp3) is 0. The highest BCUT2D eigenvalue weighted by atomic mass is 32.2. The van der Waals surface area contributed by atoms with Crippen LogP contribution in [0.4, 0.5) is 3.89 Å². The van der Waals surface area contributed by atoms with Gasteiger partial charge in [-0.3, -0.25) is 0 Å². The maximum atomic E-state index is 13.4. The average Bonchev–Trinajstić information content (AvgIpc) is 2.99. The Morgan fingerprint density at radius 1 is 0.750 bits per heavy atom. The molecule has 0 aliphatic heterocycles. The number of halogens is 1. The van der Waals surface area contributed by atoms with E-state index in [1.807, 2.05) is 48.5 Å². The topological polar surface area (TPSA) is 13.1 Å². The molecule has 0 unspecified atom stereocenters. The van der Waals surface area contributed by atoms with E-state index in [2.05, 4.69) is 6.07 Å². The molecule has 2 radical (unpaired) electrons. The first-order chi connectivity index (χ1) is 11.8. The predicted molar refractivity (Wildman–Crippen MR) is 101 cm³/mol. The summed E-state index contributed by atoms with van der Waals surface area (Å²) in [5.41, 5.74) is 2.09. The van der Waals surface area contributed by atoms with Crippen LogP contribution in [0, 0.1) is 0 Å². The minimum atomic E-state index is 0.245. The van der Waals surface area contributed by atoms with Gasteiger partial charge in [-0.05, 0) is 33.7 Å². The van der Waals surface area contributed by atoms with Crippen LogP contribution in [0.15, 0.2) is 70.0 Å². The molecule has 1 nitrogen and oxygen atoms in total. The summed E-state index contributed by atoms with van der Waals surface area (Å²) in [6.45, 7) is 0. The normalized spacial score (nSPS) is 11.9. The zero-order chi connectivity index (χ0) is 16.3. The second-order valence-electron chi connectivity index (χ2n) is 5.86. The summed E-state index contributed by atoms with van der Waals surface area (Å²) in [4.78, 5) is 0.564. The molecule has 0 N–H and O–H groups in total. The summed E-state index contributed by atoms with van der Waals surface area (Å²) >= 11 is 0.245. The van der Waals surface area contributed by atoms with Crippen LogP contribution >= 0.6 is 12.1 Å². The minimum Gasteiger partial charge on any atom is -0.456 e. The maximum absolute atomic E-state index is 13.4. The number of benzene rings is 4. The highest BCUT2D eigenvalue weighted by molar-refractivity contribution is 7.94. The van der Waals surface area contributed by atoms with Crippen LogP contribution in [-0.4, -0.2) is 7.85 Å². The largest absolute Gasteiger partial charge is 0.456 e. The molecule has 0 bridgehead atoms. The van der Waals surface area contributed by atoms with Crippen LogP contribution in [-0.2, 0) is 0 Å². The van der Waals surface area contributed by atoms with Gasteiger partial charge in [-0.15, -0.1) is 0 Å². The Labute approximate surface area is 143 Å². The molecule has 4 aromatic carbocycles. The highest BCUT2D eigenvalue weighted by Crippen LogP contribution is 2.41. The van der Waals surface area contributed by atoms with Crippen molar-refractivity contribution in [1.82, 2.24) is 0 Å². The van der Waals surface area contributed by atoms with Crippen LogP contribution in [0.1, 0.15) is 0 Å². The van der Waals surface area contributed by atoms with Crippen molar-refractivity contribution in [3.8, 4) is 0 Å². The third kappa shape index (κ3) is 1.77. The Morgan fingerprint density at radius 2 is 1.29 bits per heavy atom. The summed E-state index contributed by atoms with van der Waals surface area (Å²) in [5.74, 6) is 0.